The van der Waals surface area contributed by atoms with Crippen molar-refractivity contribution in [3.63, 3.8) is 0 Å². The van der Waals surface area contributed by atoms with Crippen molar-refractivity contribution < 1.29 is 14.0 Å². The largest absolute Gasteiger partial charge is 0.331 e. The fourth-order valence-corrected chi connectivity index (χ4v) is 1.89. The number of nitrogens with one attached hydrogen (secondary N) is 1. The number of hydrogen-bond acceptors (Lipinski definition) is 5. The maximum Gasteiger partial charge on any atom is 0.276 e. The summed E-state index contributed by atoms with van der Waals surface area (Å²) in [7, 11) is 1.47. The van der Waals surface area contributed by atoms with E-state index in [-0.39, 0.29) is 12.2 Å². The summed E-state index contributed by atoms with van der Waals surface area (Å²) in [5.41, 5.74) is 5.84. The standard InChI is InChI=1S/C14H17FN6O2/c1-20(14(23)12-8-21(6-5-16)19-18-12)9-13(22)17-11-4-2-3-10(15)7-11/h2-4,7-8H,5-6,9,16H2,1H3,(H,17,22). The lowest BCUT2D eigenvalue weighted by Crippen LogP contribution is -2.35. The highest BCUT2D eigenvalue weighted by Crippen LogP contribution is 2.09. The van der Waals surface area contributed by atoms with Gasteiger partial charge in [-0.05, 0) is 18.2 Å². The van der Waals surface area contributed by atoms with Gasteiger partial charge < -0.3 is 16.0 Å². The molecule has 23 heavy (non-hydrogen) atoms. The summed E-state index contributed by atoms with van der Waals surface area (Å²) in [5, 5.41) is 10.0. The van der Waals surface area contributed by atoms with Crippen molar-refractivity contribution in [3.05, 3.63) is 42.0 Å². The van der Waals surface area contributed by atoms with E-state index in [1.165, 1.54) is 41.0 Å². The monoisotopic (exact) mass is 320 g/mol. The molecular formula is C14H17FN6O2. The first kappa shape index (κ1) is 16.6. The molecular weight excluding hydrogens is 303 g/mol. The normalized spacial score (nSPS) is 10.4. The zero-order chi connectivity index (χ0) is 16.8. The van der Waals surface area contributed by atoms with E-state index < -0.39 is 17.6 Å². The van der Waals surface area contributed by atoms with E-state index in [9.17, 15) is 14.0 Å². The van der Waals surface area contributed by atoms with Crippen molar-refractivity contribution in [2.75, 3.05) is 25.5 Å². The van der Waals surface area contributed by atoms with Crippen LogP contribution in [0, 0.1) is 5.82 Å². The average molecular weight is 320 g/mol. The van der Waals surface area contributed by atoms with E-state index in [2.05, 4.69) is 15.6 Å². The molecule has 2 rings (SSSR count). The van der Waals surface area contributed by atoms with E-state index in [0.717, 1.165) is 0 Å². The van der Waals surface area contributed by atoms with Gasteiger partial charge in [0.15, 0.2) is 5.69 Å². The number of benzene rings is 1. The molecule has 2 aromatic rings. The smallest absolute Gasteiger partial charge is 0.276 e. The molecule has 0 saturated heterocycles. The molecule has 9 heteroatoms. The van der Waals surface area contributed by atoms with Crippen molar-refractivity contribution in [1.82, 2.24) is 19.9 Å². The first-order valence-corrected chi connectivity index (χ1v) is 6.90. The highest BCUT2D eigenvalue weighted by atomic mass is 19.1. The molecule has 1 heterocycles. The fraction of sp³-hybridized carbons (Fsp3) is 0.286. The lowest BCUT2D eigenvalue weighted by atomic mass is 10.3. The minimum atomic E-state index is -0.455. The molecule has 0 atom stereocenters. The summed E-state index contributed by atoms with van der Waals surface area (Å²) in [6, 6.07) is 5.50. The molecule has 8 nitrogen and oxygen atoms in total. The second-order valence-corrected chi connectivity index (χ2v) is 4.88. The Bertz CT molecular complexity index is 702. The van der Waals surface area contributed by atoms with Crippen LogP contribution in [0.4, 0.5) is 10.1 Å². The Kier molecular flexibility index (Phi) is 5.36. The van der Waals surface area contributed by atoms with E-state index >= 15 is 0 Å². The highest BCUT2D eigenvalue weighted by molar-refractivity contribution is 5.98. The topological polar surface area (TPSA) is 106 Å². The summed E-state index contributed by atoms with van der Waals surface area (Å²) in [6.07, 6.45) is 1.47. The molecule has 0 aliphatic rings. The number of amides is 2. The van der Waals surface area contributed by atoms with Gasteiger partial charge in [-0.15, -0.1) is 5.10 Å². The Morgan fingerprint density at radius 1 is 1.43 bits per heavy atom. The predicted octanol–water partition coefficient (Wildman–Crippen LogP) is 0.0866. The van der Waals surface area contributed by atoms with E-state index in [1.54, 1.807) is 6.07 Å². The number of halogens is 1. The van der Waals surface area contributed by atoms with Gasteiger partial charge in [-0.25, -0.2) is 4.39 Å². The van der Waals surface area contributed by atoms with Crippen LogP contribution in [0.1, 0.15) is 10.5 Å². The maximum atomic E-state index is 13.1. The minimum absolute atomic E-state index is 0.125. The molecule has 0 radical (unpaired) electrons. The van der Waals surface area contributed by atoms with Crippen molar-refractivity contribution in [2.24, 2.45) is 5.73 Å². The van der Waals surface area contributed by atoms with Gasteiger partial charge in [-0.1, -0.05) is 11.3 Å². The van der Waals surface area contributed by atoms with Crippen LogP contribution in [0.25, 0.3) is 0 Å². The number of aromatic nitrogens is 3. The van der Waals surface area contributed by atoms with E-state index in [0.29, 0.717) is 18.8 Å². The lowest BCUT2D eigenvalue weighted by Gasteiger charge is -2.15. The first-order chi connectivity index (χ1) is 11.0. The number of carbonyl (C=O) groups is 2. The highest BCUT2D eigenvalue weighted by Gasteiger charge is 2.18. The van der Waals surface area contributed by atoms with Crippen molar-refractivity contribution in [2.45, 2.75) is 6.54 Å². The van der Waals surface area contributed by atoms with Crippen LogP contribution in [0.15, 0.2) is 30.5 Å². The van der Waals surface area contributed by atoms with Gasteiger partial charge in [0.2, 0.25) is 5.91 Å². The Hall–Kier alpha value is -2.81. The molecule has 2 amide bonds. The van der Waals surface area contributed by atoms with Crippen LogP contribution in [0.2, 0.25) is 0 Å². The Balaban J connectivity index is 1.93. The molecule has 0 spiro atoms. The van der Waals surface area contributed by atoms with Crippen molar-refractivity contribution in [3.8, 4) is 0 Å². The van der Waals surface area contributed by atoms with Gasteiger partial charge in [0.25, 0.3) is 5.91 Å². The van der Waals surface area contributed by atoms with Gasteiger partial charge in [-0.3, -0.25) is 14.3 Å². The zero-order valence-corrected chi connectivity index (χ0v) is 12.6. The number of hydrogen-bond donors (Lipinski definition) is 2. The lowest BCUT2D eigenvalue weighted by molar-refractivity contribution is -0.116. The fourth-order valence-electron chi connectivity index (χ4n) is 1.89. The number of nitrogens with two attached hydrogens (primary N) is 1. The van der Waals surface area contributed by atoms with Gasteiger partial charge in [0, 0.05) is 19.3 Å². The number of rotatable bonds is 6. The van der Waals surface area contributed by atoms with Crippen LogP contribution in [-0.2, 0) is 11.3 Å². The Morgan fingerprint density at radius 2 is 2.22 bits per heavy atom. The molecule has 1 aromatic carbocycles. The molecule has 0 aliphatic carbocycles. The SMILES string of the molecule is CN(CC(=O)Nc1cccc(F)c1)C(=O)c1cn(CCN)nn1. The van der Waals surface area contributed by atoms with Gasteiger partial charge >= 0.3 is 0 Å². The Morgan fingerprint density at radius 3 is 2.91 bits per heavy atom. The number of likely N-dealkylation sites (N-methyl/N-ethyl adjacent to an activating group) is 1. The maximum absolute atomic E-state index is 13.1. The summed E-state index contributed by atoms with van der Waals surface area (Å²) < 4.78 is 14.5. The summed E-state index contributed by atoms with van der Waals surface area (Å²) >= 11 is 0. The third kappa shape index (κ3) is 4.58. The number of carbonyl (C=O) groups excluding carboxylic acids is 2. The molecule has 122 valence electrons. The van der Waals surface area contributed by atoms with Crippen LogP contribution >= 0.6 is 0 Å². The summed E-state index contributed by atoms with van der Waals surface area (Å²) in [5.74, 6) is -1.34. The van der Waals surface area contributed by atoms with Crippen LogP contribution in [0.3, 0.4) is 0 Å². The number of nitrogens with zero attached hydrogens (tertiary/aromatic N) is 4. The molecule has 0 bridgehead atoms. The third-order valence-electron chi connectivity index (χ3n) is 2.95. The van der Waals surface area contributed by atoms with Crippen LogP contribution in [-0.4, -0.2) is 51.8 Å². The van der Waals surface area contributed by atoms with Gasteiger partial charge in [0.1, 0.15) is 5.82 Å². The third-order valence-corrected chi connectivity index (χ3v) is 2.95. The van der Waals surface area contributed by atoms with E-state index in [1.807, 2.05) is 0 Å². The molecule has 0 saturated carbocycles. The molecule has 0 fully saturated rings. The Labute approximate surface area is 132 Å². The van der Waals surface area contributed by atoms with Gasteiger partial charge in [0.05, 0.1) is 19.3 Å². The average Bonchev–Trinajstić information content (AvgIpc) is 2.95. The quantitative estimate of drug-likeness (QED) is 0.784. The molecule has 0 aliphatic heterocycles. The molecule has 3 N–H and O–H groups in total. The predicted molar refractivity (Wildman–Crippen MR) is 81.1 cm³/mol. The summed E-state index contributed by atoms with van der Waals surface area (Å²) in [6.45, 7) is 0.631. The summed E-state index contributed by atoms with van der Waals surface area (Å²) in [4.78, 5) is 25.2. The molecule has 0 unspecified atom stereocenters. The van der Waals surface area contributed by atoms with Crippen LogP contribution < -0.4 is 11.1 Å². The first-order valence-electron chi connectivity index (χ1n) is 6.90. The zero-order valence-electron chi connectivity index (χ0n) is 12.6. The van der Waals surface area contributed by atoms with Crippen molar-refractivity contribution in [1.29, 1.82) is 0 Å². The minimum Gasteiger partial charge on any atom is -0.331 e. The van der Waals surface area contributed by atoms with E-state index in [4.69, 9.17) is 5.73 Å². The van der Waals surface area contributed by atoms with Crippen LogP contribution in [0.5, 0.6) is 0 Å². The molecule has 1 aromatic heterocycles. The van der Waals surface area contributed by atoms with Gasteiger partial charge in [-0.2, -0.15) is 0 Å². The second kappa shape index (κ2) is 7.45. The van der Waals surface area contributed by atoms with Crippen molar-refractivity contribution >= 4 is 17.5 Å². The number of anilines is 1. The second-order valence-electron chi connectivity index (χ2n) is 4.88.